The van der Waals surface area contributed by atoms with Crippen LogP contribution in [0.5, 0.6) is 0 Å². The van der Waals surface area contributed by atoms with Crippen LogP contribution in [0.1, 0.15) is 17.9 Å². The zero-order chi connectivity index (χ0) is 13.7. The van der Waals surface area contributed by atoms with Crippen LogP contribution in [0.15, 0.2) is 18.0 Å². The normalized spacial score (nSPS) is 25.3. The van der Waals surface area contributed by atoms with E-state index in [0.29, 0.717) is 6.42 Å². The molecule has 2 nitrogen and oxygen atoms in total. The second kappa shape index (κ2) is 4.33. The summed E-state index contributed by atoms with van der Waals surface area (Å²) in [6.45, 7) is 0.268. The Morgan fingerprint density at radius 3 is 2.37 bits per heavy atom. The highest BCUT2D eigenvalue weighted by Gasteiger charge is 2.37. The Kier molecular flexibility index (Phi) is 2.88. The van der Waals surface area contributed by atoms with Crippen molar-refractivity contribution in [3.8, 4) is 0 Å². The van der Waals surface area contributed by atoms with E-state index in [1.54, 1.807) is 11.1 Å². The lowest BCUT2D eigenvalue weighted by Gasteiger charge is -2.21. The maximum atomic E-state index is 13.7. The summed E-state index contributed by atoms with van der Waals surface area (Å²) < 4.78 is 53.8. The molecule has 0 aromatic heterocycles. The van der Waals surface area contributed by atoms with Crippen LogP contribution in [0, 0.1) is 23.3 Å². The molecule has 1 saturated heterocycles. The van der Waals surface area contributed by atoms with Crippen molar-refractivity contribution in [1.29, 1.82) is 0 Å². The van der Waals surface area contributed by atoms with E-state index in [0.717, 1.165) is 5.70 Å². The number of hydrogen-bond donors (Lipinski definition) is 2. The maximum absolute atomic E-state index is 13.7. The summed E-state index contributed by atoms with van der Waals surface area (Å²) in [7, 11) is 0. The molecule has 2 aliphatic rings. The monoisotopic (exact) mass is 290 g/mol. The average Bonchev–Trinajstić information content (AvgIpc) is 2.90. The van der Waals surface area contributed by atoms with Gasteiger partial charge in [0.15, 0.2) is 23.3 Å². The Hall–Kier alpha value is -1.37. The van der Waals surface area contributed by atoms with Gasteiger partial charge in [-0.25, -0.2) is 17.6 Å². The first-order valence-corrected chi connectivity index (χ1v) is 6.23. The van der Waals surface area contributed by atoms with Crippen LogP contribution in [0.4, 0.5) is 17.6 Å². The number of nitrogens with one attached hydrogen (secondary N) is 1. The third kappa shape index (κ3) is 1.87. The molecule has 102 valence electrons. The molecule has 2 heterocycles. The zero-order valence-electron chi connectivity index (χ0n) is 9.63. The lowest BCUT2D eigenvalue weighted by atomic mass is 9.96. The lowest BCUT2D eigenvalue weighted by Crippen LogP contribution is -2.31. The summed E-state index contributed by atoms with van der Waals surface area (Å²) in [5.41, 5.74) is 0.0336. The van der Waals surface area contributed by atoms with Gasteiger partial charge in [0.05, 0.1) is 0 Å². The minimum Gasteiger partial charge on any atom is -0.361 e. The van der Waals surface area contributed by atoms with E-state index in [-0.39, 0.29) is 18.1 Å². The lowest BCUT2D eigenvalue weighted by molar-refractivity contribution is 0.362. The van der Waals surface area contributed by atoms with Gasteiger partial charge in [-0.3, -0.25) is 0 Å². The van der Waals surface area contributed by atoms with Gasteiger partial charge in [0.2, 0.25) is 0 Å². The van der Waals surface area contributed by atoms with Crippen LogP contribution in [0.2, 0.25) is 0 Å². The standard InChI is InChI=1S/C12H10F4N2S/c13-7-2-8(14)11(16)9(10(7)15)5-1-6-3-17-12(19)18(6)4-5/h2-3,5,12,17,19H,1,4H2/t5-,12?/m1/s1. The molecule has 1 fully saturated rings. The van der Waals surface area contributed by atoms with Crippen LogP contribution in [-0.2, 0) is 0 Å². The number of allylic oxidation sites excluding steroid dienone is 1. The van der Waals surface area contributed by atoms with Crippen LogP contribution >= 0.6 is 12.6 Å². The first-order chi connectivity index (χ1) is 8.99. The van der Waals surface area contributed by atoms with E-state index >= 15 is 0 Å². The molecule has 0 radical (unpaired) electrons. The Labute approximate surface area is 112 Å². The third-order valence-electron chi connectivity index (χ3n) is 3.49. The van der Waals surface area contributed by atoms with Gasteiger partial charge in [0.1, 0.15) is 5.50 Å². The van der Waals surface area contributed by atoms with Gasteiger partial charge in [-0.05, 0) is 6.42 Å². The fourth-order valence-electron chi connectivity index (χ4n) is 2.59. The molecule has 0 amide bonds. The molecule has 3 rings (SSSR count). The average molecular weight is 290 g/mol. The summed E-state index contributed by atoms with van der Waals surface area (Å²) in [5.74, 6) is -5.97. The predicted molar refractivity (Wildman–Crippen MR) is 64.3 cm³/mol. The number of nitrogens with zero attached hydrogens (tertiary/aromatic N) is 1. The van der Waals surface area contributed by atoms with Crippen molar-refractivity contribution >= 4 is 12.6 Å². The second-order valence-corrected chi connectivity index (χ2v) is 5.10. The summed E-state index contributed by atoms with van der Waals surface area (Å²) in [4.78, 5) is 1.80. The van der Waals surface area contributed by atoms with E-state index in [4.69, 9.17) is 0 Å². The first-order valence-electron chi connectivity index (χ1n) is 5.71. The van der Waals surface area contributed by atoms with Crippen molar-refractivity contribution < 1.29 is 17.6 Å². The Balaban J connectivity index is 2.01. The molecule has 19 heavy (non-hydrogen) atoms. The van der Waals surface area contributed by atoms with Gasteiger partial charge in [-0.15, -0.1) is 12.6 Å². The molecule has 2 atom stereocenters. The number of halogens is 4. The quantitative estimate of drug-likeness (QED) is 0.470. The highest BCUT2D eigenvalue weighted by atomic mass is 32.1. The highest BCUT2D eigenvalue weighted by molar-refractivity contribution is 7.80. The summed E-state index contributed by atoms with van der Waals surface area (Å²) in [5, 5.41) is 2.94. The van der Waals surface area contributed by atoms with E-state index in [9.17, 15) is 17.6 Å². The largest absolute Gasteiger partial charge is 0.361 e. The van der Waals surface area contributed by atoms with Crippen molar-refractivity contribution in [1.82, 2.24) is 10.2 Å². The van der Waals surface area contributed by atoms with Crippen molar-refractivity contribution in [3.63, 3.8) is 0 Å². The number of thiol groups is 1. The smallest absolute Gasteiger partial charge is 0.165 e. The van der Waals surface area contributed by atoms with Gasteiger partial charge in [0.25, 0.3) is 0 Å². The Morgan fingerprint density at radius 1 is 1.16 bits per heavy atom. The zero-order valence-corrected chi connectivity index (χ0v) is 10.5. The van der Waals surface area contributed by atoms with Crippen molar-refractivity contribution in [2.24, 2.45) is 0 Å². The maximum Gasteiger partial charge on any atom is 0.165 e. The van der Waals surface area contributed by atoms with Crippen molar-refractivity contribution in [2.45, 2.75) is 17.8 Å². The summed E-state index contributed by atoms with van der Waals surface area (Å²) in [6.07, 6.45) is 2.02. The van der Waals surface area contributed by atoms with E-state index in [1.807, 2.05) is 0 Å². The second-order valence-electron chi connectivity index (χ2n) is 4.61. The van der Waals surface area contributed by atoms with Gasteiger partial charge < -0.3 is 10.2 Å². The van der Waals surface area contributed by atoms with E-state index in [2.05, 4.69) is 17.9 Å². The van der Waals surface area contributed by atoms with E-state index in [1.165, 1.54) is 0 Å². The first kappa shape index (κ1) is 12.7. The number of rotatable bonds is 1. The molecule has 1 aromatic rings. The predicted octanol–water partition coefficient (Wildman–Crippen LogP) is 2.69. The fraction of sp³-hybridized carbons (Fsp3) is 0.333. The van der Waals surface area contributed by atoms with Crippen molar-refractivity contribution in [3.05, 3.63) is 46.8 Å². The Morgan fingerprint density at radius 2 is 1.79 bits per heavy atom. The summed E-state index contributed by atoms with van der Waals surface area (Å²) >= 11 is 4.24. The molecule has 1 N–H and O–H groups in total. The van der Waals surface area contributed by atoms with Crippen molar-refractivity contribution in [2.75, 3.05) is 6.54 Å². The van der Waals surface area contributed by atoms with Crippen LogP contribution in [-0.4, -0.2) is 16.9 Å². The van der Waals surface area contributed by atoms with Gasteiger partial charge in [-0.1, -0.05) is 0 Å². The fourth-order valence-corrected chi connectivity index (χ4v) is 2.91. The van der Waals surface area contributed by atoms with Crippen LogP contribution in [0.25, 0.3) is 0 Å². The molecular weight excluding hydrogens is 280 g/mol. The van der Waals surface area contributed by atoms with Crippen LogP contribution < -0.4 is 5.32 Å². The molecule has 0 bridgehead atoms. The SMILES string of the molecule is Fc1cc(F)c(F)c([C@@H]2CC3=CNC(S)N3C2)c1F. The number of hydrogen-bond acceptors (Lipinski definition) is 3. The van der Waals surface area contributed by atoms with E-state index < -0.39 is 34.8 Å². The number of benzene rings is 1. The molecular formula is C12H10F4N2S. The molecule has 0 aliphatic carbocycles. The Bertz CT molecular complexity index is 549. The minimum atomic E-state index is -1.37. The molecule has 7 heteroatoms. The molecule has 0 saturated carbocycles. The third-order valence-corrected chi connectivity index (χ3v) is 3.92. The number of fused-ring (bicyclic) bond motifs is 1. The van der Waals surface area contributed by atoms with Gasteiger partial charge in [0, 0.05) is 36.0 Å². The van der Waals surface area contributed by atoms with Gasteiger partial charge in [-0.2, -0.15) is 0 Å². The highest BCUT2D eigenvalue weighted by Crippen LogP contribution is 2.40. The summed E-state index contributed by atoms with van der Waals surface area (Å²) in [6, 6.07) is 0.229. The minimum absolute atomic E-state index is 0.229. The van der Waals surface area contributed by atoms with Gasteiger partial charge >= 0.3 is 0 Å². The molecule has 2 aliphatic heterocycles. The topological polar surface area (TPSA) is 15.3 Å². The molecule has 0 spiro atoms. The molecule has 1 aromatic carbocycles. The molecule has 1 unspecified atom stereocenters. The van der Waals surface area contributed by atoms with Crippen LogP contribution in [0.3, 0.4) is 0 Å².